The second kappa shape index (κ2) is 10.1. The lowest BCUT2D eigenvalue weighted by atomic mass is 9.98. The highest BCUT2D eigenvalue weighted by Gasteiger charge is 2.25. The standard InChI is InChI=1S/C25H33N3O3/c1-27-15-12-20-16-19(6-11-23(20)27)24(28-13-4-3-5-14-28)17-26-25(29)18-31-22-9-7-21(30-2)8-10-22/h6-11,16,24H,3-5,12-15,17-18H2,1-2H3,(H,26,29)/t24-/m1/s1. The van der Waals surface area contributed by atoms with Crippen molar-refractivity contribution in [1.82, 2.24) is 10.2 Å². The maximum absolute atomic E-state index is 12.5. The highest BCUT2D eigenvalue weighted by atomic mass is 16.5. The Balaban J connectivity index is 1.38. The van der Waals surface area contributed by atoms with Crippen LogP contribution < -0.4 is 19.7 Å². The van der Waals surface area contributed by atoms with Gasteiger partial charge >= 0.3 is 0 Å². The van der Waals surface area contributed by atoms with Gasteiger partial charge in [0.2, 0.25) is 0 Å². The molecule has 0 saturated carbocycles. The average molecular weight is 424 g/mol. The lowest BCUT2D eigenvalue weighted by molar-refractivity contribution is -0.123. The van der Waals surface area contributed by atoms with Crippen LogP contribution in [-0.2, 0) is 11.2 Å². The molecular weight excluding hydrogens is 390 g/mol. The number of rotatable bonds is 8. The van der Waals surface area contributed by atoms with Crippen LogP contribution in [-0.4, -0.2) is 57.8 Å². The van der Waals surface area contributed by atoms with Gasteiger partial charge in [-0.25, -0.2) is 0 Å². The number of anilines is 1. The molecule has 31 heavy (non-hydrogen) atoms. The van der Waals surface area contributed by atoms with Gasteiger partial charge in [-0.15, -0.1) is 0 Å². The number of likely N-dealkylation sites (N-methyl/N-ethyl adjacent to an activating group) is 1. The highest BCUT2D eigenvalue weighted by Crippen LogP contribution is 2.32. The summed E-state index contributed by atoms with van der Waals surface area (Å²) in [4.78, 5) is 17.3. The molecule has 0 aromatic heterocycles. The average Bonchev–Trinajstić information content (AvgIpc) is 3.19. The second-order valence-electron chi connectivity index (χ2n) is 8.44. The molecule has 166 valence electrons. The number of carbonyl (C=O) groups excluding carboxylic acids is 1. The van der Waals surface area contributed by atoms with E-state index in [0.29, 0.717) is 12.3 Å². The summed E-state index contributed by atoms with van der Waals surface area (Å²) in [6, 6.07) is 14.3. The number of carbonyl (C=O) groups is 1. The van der Waals surface area contributed by atoms with Crippen molar-refractivity contribution in [2.24, 2.45) is 0 Å². The molecule has 0 aliphatic carbocycles. The van der Waals surface area contributed by atoms with E-state index >= 15 is 0 Å². The zero-order chi connectivity index (χ0) is 21.6. The largest absolute Gasteiger partial charge is 0.497 e. The molecule has 4 rings (SSSR count). The Kier molecular flexibility index (Phi) is 6.97. The third-order valence-corrected chi connectivity index (χ3v) is 6.37. The molecule has 2 heterocycles. The Morgan fingerprint density at radius 2 is 1.77 bits per heavy atom. The smallest absolute Gasteiger partial charge is 0.258 e. The molecule has 6 nitrogen and oxygen atoms in total. The van der Waals surface area contributed by atoms with E-state index < -0.39 is 0 Å². The lowest BCUT2D eigenvalue weighted by Crippen LogP contribution is -2.41. The molecule has 0 unspecified atom stereocenters. The molecule has 1 fully saturated rings. The van der Waals surface area contributed by atoms with Crippen LogP contribution in [0.1, 0.15) is 36.4 Å². The van der Waals surface area contributed by atoms with Crippen LogP contribution in [0.25, 0.3) is 0 Å². The van der Waals surface area contributed by atoms with Crippen LogP contribution in [0.3, 0.4) is 0 Å². The van der Waals surface area contributed by atoms with Gasteiger partial charge in [-0.1, -0.05) is 18.6 Å². The predicted molar refractivity (Wildman–Crippen MR) is 123 cm³/mol. The number of hydrogen-bond acceptors (Lipinski definition) is 5. The van der Waals surface area contributed by atoms with Gasteiger partial charge in [-0.3, -0.25) is 9.69 Å². The topological polar surface area (TPSA) is 54.0 Å². The molecule has 1 N–H and O–H groups in total. The van der Waals surface area contributed by atoms with Crippen LogP contribution in [0, 0.1) is 0 Å². The van der Waals surface area contributed by atoms with Crippen molar-refractivity contribution in [3.05, 3.63) is 53.6 Å². The minimum Gasteiger partial charge on any atom is -0.497 e. The zero-order valence-corrected chi connectivity index (χ0v) is 18.6. The van der Waals surface area contributed by atoms with Gasteiger partial charge in [0.25, 0.3) is 5.91 Å². The predicted octanol–water partition coefficient (Wildman–Crippen LogP) is 3.41. The van der Waals surface area contributed by atoms with Gasteiger partial charge in [0.15, 0.2) is 6.61 Å². The van der Waals surface area contributed by atoms with E-state index in [-0.39, 0.29) is 18.6 Å². The minimum absolute atomic E-state index is 0.00797. The Morgan fingerprint density at radius 1 is 1.03 bits per heavy atom. The Morgan fingerprint density at radius 3 is 2.52 bits per heavy atom. The molecule has 1 amide bonds. The Hall–Kier alpha value is -2.73. The lowest BCUT2D eigenvalue weighted by Gasteiger charge is -2.35. The Labute approximate surface area is 185 Å². The molecule has 2 aromatic rings. The summed E-state index contributed by atoms with van der Waals surface area (Å²) < 4.78 is 10.8. The first-order valence-electron chi connectivity index (χ1n) is 11.3. The number of fused-ring (bicyclic) bond motifs is 1. The van der Waals surface area contributed by atoms with Gasteiger partial charge in [0.1, 0.15) is 11.5 Å². The number of nitrogens with zero attached hydrogens (tertiary/aromatic N) is 2. The number of nitrogens with one attached hydrogen (secondary N) is 1. The van der Waals surface area contributed by atoms with E-state index in [1.165, 1.54) is 36.1 Å². The molecule has 2 aromatic carbocycles. The van der Waals surface area contributed by atoms with Gasteiger partial charge in [-0.05, 0) is 73.8 Å². The number of amides is 1. The van der Waals surface area contributed by atoms with E-state index in [2.05, 4.69) is 40.4 Å². The van der Waals surface area contributed by atoms with Gasteiger partial charge < -0.3 is 19.7 Å². The summed E-state index contributed by atoms with van der Waals surface area (Å²) >= 11 is 0. The van der Waals surface area contributed by atoms with Gasteiger partial charge in [0.05, 0.1) is 13.2 Å². The van der Waals surface area contributed by atoms with Crippen molar-refractivity contribution in [2.75, 3.05) is 51.8 Å². The van der Waals surface area contributed by atoms with Crippen molar-refractivity contribution >= 4 is 11.6 Å². The number of piperidine rings is 1. The van der Waals surface area contributed by atoms with Crippen molar-refractivity contribution in [1.29, 1.82) is 0 Å². The number of benzene rings is 2. The fraction of sp³-hybridized carbons (Fsp3) is 0.480. The fourth-order valence-corrected chi connectivity index (χ4v) is 4.56. The van der Waals surface area contributed by atoms with E-state index in [9.17, 15) is 4.79 Å². The molecule has 1 atom stereocenters. The number of ether oxygens (including phenoxy) is 2. The quantitative estimate of drug-likeness (QED) is 0.705. The molecule has 0 bridgehead atoms. The highest BCUT2D eigenvalue weighted by molar-refractivity contribution is 5.77. The monoisotopic (exact) mass is 423 g/mol. The van der Waals surface area contributed by atoms with Crippen molar-refractivity contribution in [2.45, 2.75) is 31.7 Å². The van der Waals surface area contributed by atoms with Crippen molar-refractivity contribution < 1.29 is 14.3 Å². The molecule has 2 aliphatic heterocycles. The molecule has 2 aliphatic rings. The fourth-order valence-electron chi connectivity index (χ4n) is 4.56. The molecule has 0 radical (unpaired) electrons. The third kappa shape index (κ3) is 5.31. The number of methoxy groups -OCH3 is 1. The summed E-state index contributed by atoms with van der Waals surface area (Å²) in [6.07, 6.45) is 4.83. The SMILES string of the molecule is COc1ccc(OCC(=O)NC[C@H](c2ccc3c(c2)CCN3C)N2CCCCC2)cc1. The summed E-state index contributed by atoms with van der Waals surface area (Å²) in [6.45, 7) is 3.85. The van der Waals surface area contributed by atoms with Crippen LogP contribution >= 0.6 is 0 Å². The first kappa shape index (κ1) is 21.5. The van der Waals surface area contributed by atoms with Crippen LogP contribution in [0.5, 0.6) is 11.5 Å². The van der Waals surface area contributed by atoms with Gasteiger partial charge in [0, 0.05) is 25.8 Å². The molecular formula is C25H33N3O3. The summed E-state index contributed by atoms with van der Waals surface area (Å²) in [5, 5.41) is 3.11. The molecule has 1 saturated heterocycles. The normalized spacial score (nSPS) is 17.2. The van der Waals surface area contributed by atoms with E-state index in [4.69, 9.17) is 9.47 Å². The maximum Gasteiger partial charge on any atom is 0.258 e. The van der Waals surface area contributed by atoms with Crippen molar-refractivity contribution in [3.63, 3.8) is 0 Å². The Bertz CT molecular complexity index is 878. The van der Waals surface area contributed by atoms with Crippen LogP contribution in [0.15, 0.2) is 42.5 Å². The number of hydrogen-bond donors (Lipinski definition) is 1. The third-order valence-electron chi connectivity index (χ3n) is 6.37. The van der Waals surface area contributed by atoms with Crippen LogP contribution in [0.2, 0.25) is 0 Å². The summed E-state index contributed by atoms with van der Waals surface area (Å²) in [5.41, 5.74) is 4.04. The first-order chi connectivity index (χ1) is 15.1. The first-order valence-corrected chi connectivity index (χ1v) is 11.3. The second-order valence-corrected chi connectivity index (χ2v) is 8.44. The van der Waals surface area contributed by atoms with Gasteiger partial charge in [-0.2, -0.15) is 0 Å². The van der Waals surface area contributed by atoms with Crippen molar-refractivity contribution in [3.8, 4) is 11.5 Å². The van der Waals surface area contributed by atoms with E-state index in [0.717, 1.165) is 31.8 Å². The summed E-state index contributed by atoms with van der Waals surface area (Å²) in [5.74, 6) is 1.33. The zero-order valence-electron chi connectivity index (χ0n) is 18.6. The molecule has 0 spiro atoms. The number of likely N-dealkylation sites (tertiary alicyclic amines) is 1. The van der Waals surface area contributed by atoms with E-state index in [1.807, 2.05) is 24.3 Å². The minimum atomic E-state index is -0.0984. The van der Waals surface area contributed by atoms with E-state index in [1.54, 1.807) is 7.11 Å². The molecule has 6 heteroatoms. The van der Waals surface area contributed by atoms with Crippen LogP contribution in [0.4, 0.5) is 5.69 Å². The summed E-state index contributed by atoms with van der Waals surface area (Å²) in [7, 11) is 3.78. The maximum atomic E-state index is 12.5.